The van der Waals surface area contributed by atoms with E-state index >= 15 is 0 Å². The molecule has 0 atom stereocenters. The number of anilines is 1. The Bertz CT molecular complexity index is 530. The van der Waals surface area contributed by atoms with Crippen molar-refractivity contribution in [3.05, 3.63) is 36.3 Å². The van der Waals surface area contributed by atoms with E-state index in [2.05, 4.69) is 15.5 Å². The van der Waals surface area contributed by atoms with Gasteiger partial charge in [0.1, 0.15) is 18.1 Å². The predicted octanol–water partition coefficient (Wildman–Crippen LogP) is 2.03. The first-order valence-electron chi connectivity index (χ1n) is 4.98. The highest BCUT2D eigenvalue weighted by atomic mass is 19.4. The summed E-state index contributed by atoms with van der Waals surface area (Å²) in [6.07, 6.45) is -1.75. The number of aromatic amines is 1. The first-order valence-corrected chi connectivity index (χ1v) is 4.98. The number of halogens is 3. The lowest BCUT2D eigenvalue weighted by atomic mass is 10.4. The van der Waals surface area contributed by atoms with Crippen molar-refractivity contribution in [2.75, 3.05) is 5.32 Å². The molecule has 0 fully saturated rings. The van der Waals surface area contributed by atoms with E-state index in [1.165, 1.54) is 30.6 Å². The molecular weight excluding hydrogens is 249 g/mol. The van der Waals surface area contributed by atoms with Crippen LogP contribution in [0, 0.1) is 0 Å². The summed E-state index contributed by atoms with van der Waals surface area (Å²) in [5.41, 5.74) is -0.0677. The van der Waals surface area contributed by atoms with Crippen molar-refractivity contribution in [1.82, 2.24) is 14.8 Å². The van der Waals surface area contributed by atoms with Crippen molar-refractivity contribution in [3.8, 4) is 0 Å². The third-order valence-electron chi connectivity index (χ3n) is 2.16. The van der Waals surface area contributed by atoms with Crippen molar-refractivity contribution in [2.24, 2.45) is 0 Å². The number of nitrogens with zero attached hydrogens (tertiary/aromatic N) is 2. The van der Waals surface area contributed by atoms with Crippen LogP contribution < -0.4 is 5.32 Å². The number of alkyl halides is 3. The van der Waals surface area contributed by atoms with Gasteiger partial charge in [-0.25, -0.2) is 0 Å². The van der Waals surface area contributed by atoms with E-state index in [1.807, 2.05) is 0 Å². The zero-order valence-corrected chi connectivity index (χ0v) is 9.03. The van der Waals surface area contributed by atoms with Gasteiger partial charge < -0.3 is 9.88 Å². The summed E-state index contributed by atoms with van der Waals surface area (Å²) in [4.78, 5) is 11.7. The summed E-state index contributed by atoms with van der Waals surface area (Å²) >= 11 is 0. The number of hydrogen-bond donors (Lipinski definition) is 2. The van der Waals surface area contributed by atoms with Gasteiger partial charge in [0.05, 0.1) is 6.20 Å². The molecule has 5 nitrogen and oxygen atoms in total. The van der Waals surface area contributed by atoms with E-state index in [4.69, 9.17) is 0 Å². The Balaban J connectivity index is 2.13. The molecule has 1 amide bonds. The van der Waals surface area contributed by atoms with Gasteiger partial charge in [-0.3, -0.25) is 9.89 Å². The summed E-state index contributed by atoms with van der Waals surface area (Å²) < 4.78 is 37.7. The van der Waals surface area contributed by atoms with Crippen LogP contribution in [0.4, 0.5) is 19.0 Å². The first-order chi connectivity index (χ1) is 8.46. The lowest BCUT2D eigenvalue weighted by Gasteiger charge is -2.11. The van der Waals surface area contributed by atoms with Crippen molar-refractivity contribution in [3.63, 3.8) is 0 Å². The van der Waals surface area contributed by atoms with Gasteiger partial charge in [-0.15, -0.1) is 0 Å². The Morgan fingerprint density at radius 1 is 1.44 bits per heavy atom. The maximum absolute atomic E-state index is 12.3. The zero-order valence-electron chi connectivity index (χ0n) is 9.03. The van der Waals surface area contributed by atoms with Crippen LogP contribution in [0.5, 0.6) is 0 Å². The number of aromatic nitrogens is 3. The Labute approximate surface area is 99.6 Å². The van der Waals surface area contributed by atoms with Crippen molar-refractivity contribution < 1.29 is 18.0 Å². The molecule has 2 aromatic rings. The minimum atomic E-state index is -4.37. The lowest BCUT2D eigenvalue weighted by molar-refractivity contribution is -0.140. The molecule has 0 aromatic carbocycles. The molecule has 0 unspecified atom stereocenters. The minimum Gasteiger partial charge on any atom is -0.334 e. The third kappa shape index (κ3) is 2.90. The van der Waals surface area contributed by atoms with Crippen molar-refractivity contribution in [1.29, 1.82) is 0 Å². The molecule has 0 bridgehead atoms. The second-order valence-electron chi connectivity index (χ2n) is 3.56. The maximum Gasteiger partial charge on any atom is 0.406 e. The monoisotopic (exact) mass is 258 g/mol. The van der Waals surface area contributed by atoms with E-state index in [-0.39, 0.29) is 5.69 Å². The van der Waals surface area contributed by atoms with Gasteiger partial charge in [0.15, 0.2) is 0 Å². The minimum absolute atomic E-state index is 0.0677. The molecule has 0 aliphatic heterocycles. The van der Waals surface area contributed by atoms with Crippen LogP contribution in [-0.2, 0) is 6.54 Å². The van der Waals surface area contributed by atoms with Crippen molar-refractivity contribution >= 4 is 11.7 Å². The van der Waals surface area contributed by atoms with Gasteiger partial charge in [0.2, 0.25) is 0 Å². The molecule has 0 radical (unpaired) electrons. The molecule has 2 rings (SSSR count). The molecule has 2 aromatic heterocycles. The normalized spacial score (nSPS) is 11.5. The Morgan fingerprint density at radius 3 is 2.83 bits per heavy atom. The zero-order chi connectivity index (χ0) is 13.2. The second kappa shape index (κ2) is 4.55. The quantitative estimate of drug-likeness (QED) is 0.884. The highest BCUT2D eigenvalue weighted by Crippen LogP contribution is 2.19. The van der Waals surface area contributed by atoms with E-state index in [0.29, 0.717) is 5.82 Å². The van der Waals surface area contributed by atoms with Crippen LogP contribution in [0.3, 0.4) is 0 Å². The summed E-state index contributed by atoms with van der Waals surface area (Å²) in [7, 11) is 0. The molecule has 0 spiro atoms. The van der Waals surface area contributed by atoms with Crippen LogP contribution >= 0.6 is 0 Å². The molecule has 18 heavy (non-hydrogen) atoms. The standard InChI is InChI=1S/C10H9F3N4O/c11-10(12,13)6-17-5-1-2-7(17)9(18)15-8-3-4-14-16-8/h1-5H,6H2,(H2,14,15,16,18). The van der Waals surface area contributed by atoms with Crippen LogP contribution in [-0.4, -0.2) is 26.8 Å². The van der Waals surface area contributed by atoms with E-state index < -0.39 is 18.6 Å². The third-order valence-corrected chi connectivity index (χ3v) is 2.16. The first kappa shape index (κ1) is 12.2. The van der Waals surface area contributed by atoms with Crippen molar-refractivity contribution in [2.45, 2.75) is 12.7 Å². The number of H-pyrrole nitrogens is 1. The van der Waals surface area contributed by atoms with Crippen LogP contribution in [0.1, 0.15) is 10.5 Å². The number of amides is 1. The van der Waals surface area contributed by atoms with Crippen LogP contribution in [0.15, 0.2) is 30.6 Å². The Hall–Kier alpha value is -2.25. The molecule has 8 heteroatoms. The lowest BCUT2D eigenvalue weighted by Crippen LogP contribution is -2.23. The van der Waals surface area contributed by atoms with Crippen LogP contribution in [0.25, 0.3) is 0 Å². The SMILES string of the molecule is O=C(Nc1ccn[nH]1)c1cccn1CC(F)(F)F. The number of rotatable bonds is 3. The molecule has 96 valence electrons. The van der Waals surface area contributed by atoms with Gasteiger partial charge in [0, 0.05) is 12.3 Å². The summed E-state index contributed by atoms with van der Waals surface area (Å²) in [6, 6.07) is 4.19. The van der Waals surface area contributed by atoms with Gasteiger partial charge in [-0.2, -0.15) is 18.3 Å². The number of carbonyl (C=O) groups excluding carboxylic acids is 1. The molecular formula is C10H9F3N4O. The second-order valence-corrected chi connectivity index (χ2v) is 3.56. The summed E-state index contributed by atoms with van der Waals surface area (Å²) in [5, 5.41) is 8.50. The fourth-order valence-corrected chi connectivity index (χ4v) is 1.46. The Morgan fingerprint density at radius 2 is 2.22 bits per heavy atom. The summed E-state index contributed by atoms with van der Waals surface area (Å²) in [6.45, 7) is -1.20. The topological polar surface area (TPSA) is 62.7 Å². The van der Waals surface area contributed by atoms with Gasteiger partial charge in [0.25, 0.3) is 5.91 Å². The number of carbonyl (C=O) groups is 1. The molecule has 2 N–H and O–H groups in total. The van der Waals surface area contributed by atoms with Gasteiger partial charge >= 0.3 is 6.18 Å². The fraction of sp³-hybridized carbons (Fsp3) is 0.200. The highest BCUT2D eigenvalue weighted by molar-refractivity contribution is 6.02. The Kier molecular flexibility index (Phi) is 3.09. The fourth-order valence-electron chi connectivity index (χ4n) is 1.46. The van der Waals surface area contributed by atoms with E-state index in [1.54, 1.807) is 0 Å². The van der Waals surface area contributed by atoms with Crippen LogP contribution in [0.2, 0.25) is 0 Å². The smallest absolute Gasteiger partial charge is 0.334 e. The molecule has 0 aliphatic rings. The summed E-state index contributed by atoms with van der Waals surface area (Å²) in [5.74, 6) is -0.312. The van der Waals surface area contributed by atoms with Gasteiger partial charge in [-0.05, 0) is 12.1 Å². The average Bonchev–Trinajstić information content (AvgIpc) is 2.86. The molecule has 0 saturated heterocycles. The number of hydrogen-bond acceptors (Lipinski definition) is 2. The molecule has 2 heterocycles. The largest absolute Gasteiger partial charge is 0.406 e. The predicted molar refractivity (Wildman–Crippen MR) is 57.0 cm³/mol. The highest BCUT2D eigenvalue weighted by Gasteiger charge is 2.29. The van der Waals surface area contributed by atoms with E-state index in [9.17, 15) is 18.0 Å². The maximum atomic E-state index is 12.3. The molecule has 0 aliphatic carbocycles. The molecule has 0 saturated carbocycles. The van der Waals surface area contributed by atoms with E-state index in [0.717, 1.165) is 4.57 Å². The van der Waals surface area contributed by atoms with Gasteiger partial charge in [-0.1, -0.05) is 0 Å². The number of nitrogens with one attached hydrogen (secondary N) is 2. The average molecular weight is 258 g/mol.